The highest BCUT2D eigenvalue weighted by molar-refractivity contribution is 6.31. The van der Waals surface area contributed by atoms with Crippen LogP contribution in [0.1, 0.15) is 36.5 Å². The van der Waals surface area contributed by atoms with Gasteiger partial charge in [0.15, 0.2) is 0 Å². The van der Waals surface area contributed by atoms with E-state index >= 15 is 0 Å². The quantitative estimate of drug-likeness (QED) is 0.683. The smallest absolute Gasteiger partial charge is 0.282 e. The summed E-state index contributed by atoms with van der Waals surface area (Å²) in [4.78, 5) is 22.4. The van der Waals surface area contributed by atoms with E-state index in [0.717, 1.165) is 12.8 Å². The van der Waals surface area contributed by atoms with E-state index in [2.05, 4.69) is 12.2 Å². The maximum Gasteiger partial charge on any atom is 0.282 e. The van der Waals surface area contributed by atoms with Crippen LogP contribution in [0.3, 0.4) is 0 Å². The fraction of sp³-hybridized carbons (Fsp3) is 0.500. The van der Waals surface area contributed by atoms with Gasteiger partial charge in [-0.25, -0.2) is 0 Å². The van der Waals surface area contributed by atoms with Crippen molar-refractivity contribution in [2.45, 2.75) is 26.2 Å². The van der Waals surface area contributed by atoms with Gasteiger partial charge in [-0.15, -0.1) is 0 Å². The molecule has 0 heterocycles. The van der Waals surface area contributed by atoms with Crippen LogP contribution < -0.4 is 5.32 Å². The molecule has 6 heteroatoms. The van der Waals surface area contributed by atoms with Gasteiger partial charge in [0.25, 0.3) is 11.6 Å². The van der Waals surface area contributed by atoms with Crippen LogP contribution in [-0.2, 0) is 0 Å². The first-order valence-electron chi connectivity index (χ1n) is 6.69. The molecule has 1 aliphatic rings. The topological polar surface area (TPSA) is 72.2 Å². The third-order valence-electron chi connectivity index (χ3n) is 3.75. The number of carbonyl (C=O) groups is 1. The summed E-state index contributed by atoms with van der Waals surface area (Å²) in [5, 5.41) is 14.0. The first-order chi connectivity index (χ1) is 9.47. The highest BCUT2D eigenvalue weighted by Crippen LogP contribution is 2.30. The highest BCUT2D eigenvalue weighted by atomic mass is 35.5. The molecular formula is C14H17ClN2O3. The number of carbonyl (C=O) groups excluding carboxylic acids is 1. The molecule has 1 aromatic carbocycles. The lowest BCUT2D eigenvalue weighted by Gasteiger charge is -2.11. The Kier molecular flexibility index (Phi) is 4.60. The van der Waals surface area contributed by atoms with Gasteiger partial charge in [-0.3, -0.25) is 14.9 Å². The third kappa shape index (κ3) is 3.48. The monoisotopic (exact) mass is 296 g/mol. The molecule has 0 bridgehead atoms. The fourth-order valence-electron chi connectivity index (χ4n) is 2.69. The zero-order valence-electron chi connectivity index (χ0n) is 11.3. The van der Waals surface area contributed by atoms with Crippen LogP contribution in [0.15, 0.2) is 18.2 Å². The summed E-state index contributed by atoms with van der Waals surface area (Å²) in [5.74, 6) is 0.725. The number of nitrogens with zero attached hydrogens (tertiary/aromatic N) is 1. The molecule has 1 amide bonds. The molecule has 2 atom stereocenters. The molecule has 0 aromatic heterocycles. The van der Waals surface area contributed by atoms with Gasteiger partial charge in [-0.05, 0) is 36.8 Å². The van der Waals surface area contributed by atoms with Crippen LogP contribution in [0.25, 0.3) is 0 Å². The lowest BCUT2D eigenvalue weighted by molar-refractivity contribution is -0.385. The van der Waals surface area contributed by atoms with Crippen molar-refractivity contribution in [1.82, 2.24) is 5.32 Å². The number of rotatable bonds is 4. The zero-order valence-corrected chi connectivity index (χ0v) is 12.0. The van der Waals surface area contributed by atoms with Crippen molar-refractivity contribution < 1.29 is 9.72 Å². The summed E-state index contributed by atoms with van der Waals surface area (Å²) in [6.45, 7) is 2.76. The van der Waals surface area contributed by atoms with E-state index in [1.54, 1.807) is 0 Å². The van der Waals surface area contributed by atoms with Gasteiger partial charge in [-0.1, -0.05) is 24.9 Å². The summed E-state index contributed by atoms with van der Waals surface area (Å²) in [6.07, 6.45) is 3.37. The SMILES string of the molecule is CC1CCC(CNC(=O)c2cc(Cl)ccc2[N+](=O)[O-])C1. The van der Waals surface area contributed by atoms with Crippen molar-refractivity contribution in [3.63, 3.8) is 0 Å². The Bertz CT molecular complexity index is 533. The Morgan fingerprint density at radius 1 is 1.50 bits per heavy atom. The van der Waals surface area contributed by atoms with Gasteiger partial charge in [0.05, 0.1) is 4.92 Å². The van der Waals surface area contributed by atoms with Gasteiger partial charge in [0.1, 0.15) is 5.56 Å². The molecule has 1 saturated carbocycles. The molecule has 1 N–H and O–H groups in total. The van der Waals surface area contributed by atoms with Gasteiger partial charge in [0, 0.05) is 17.6 Å². The number of hydrogen-bond acceptors (Lipinski definition) is 3. The lowest BCUT2D eigenvalue weighted by Crippen LogP contribution is -2.29. The highest BCUT2D eigenvalue weighted by Gasteiger charge is 2.24. The van der Waals surface area contributed by atoms with Crippen molar-refractivity contribution >= 4 is 23.2 Å². The summed E-state index contributed by atoms with van der Waals surface area (Å²) < 4.78 is 0. The number of amides is 1. The number of nitro groups is 1. The van der Waals surface area contributed by atoms with Crippen molar-refractivity contribution in [3.8, 4) is 0 Å². The Hall–Kier alpha value is -1.62. The molecule has 0 aliphatic heterocycles. The van der Waals surface area contributed by atoms with Crippen LogP contribution in [0.2, 0.25) is 5.02 Å². The van der Waals surface area contributed by atoms with Gasteiger partial charge < -0.3 is 5.32 Å². The van der Waals surface area contributed by atoms with Gasteiger partial charge in [0.2, 0.25) is 0 Å². The van der Waals surface area contributed by atoms with Crippen LogP contribution >= 0.6 is 11.6 Å². The molecule has 108 valence electrons. The number of benzene rings is 1. The number of nitro benzene ring substituents is 1. The van der Waals surface area contributed by atoms with E-state index in [4.69, 9.17) is 11.6 Å². The second kappa shape index (κ2) is 6.22. The molecule has 2 rings (SSSR count). The maximum atomic E-state index is 12.1. The van der Waals surface area contributed by atoms with Crippen molar-refractivity contribution in [2.24, 2.45) is 11.8 Å². The summed E-state index contributed by atoms with van der Waals surface area (Å²) in [7, 11) is 0. The molecule has 5 nitrogen and oxygen atoms in total. The van der Waals surface area contributed by atoms with Crippen LogP contribution in [0, 0.1) is 22.0 Å². The minimum Gasteiger partial charge on any atom is -0.352 e. The normalized spacial score (nSPS) is 21.7. The van der Waals surface area contributed by atoms with E-state index in [9.17, 15) is 14.9 Å². The van der Waals surface area contributed by atoms with Crippen LogP contribution in [0.5, 0.6) is 0 Å². The summed E-state index contributed by atoms with van der Waals surface area (Å²) in [5.41, 5.74) is -0.194. The van der Waals surface area contributed by atoms with Crippen LogP contribution in [-0.4, -0.2) is 17.4 Å². The van der Waals surface area contributed by atoms with Crippen molar-refractivity contribution in [3.05, 3.63) is 38.9 Å². The van der Waals surface area contributed by atoms with E-state index in [-0.39, 0.29) is 11.3 Å². The average Bonchev–Trinajstić information content (AvgIpc) is 2.81. The van der Waals surface area contributed by atoms with E-state index in [1.165, 1.54) is 24.6 Å². The zero-order chi connectivity index (χ0) is 14.7. The number of nitrogens with one attached hydrogen (secondary N) is 1. The predicted molar refractivity (Wildman–Crippen MR) is 76.9 cm³/mol. The first-order valence-corrected chi connectivity index (χ1v) is 7.07. The third-order valence-corrected chi connectivity index (χ3v) is 3.99. The number of halogens is 1. The Labute approximate surface area is 122 Å². The maximum absolute atomic E-state index is 12.1. The molecule has 0 saturated heterocycles. The largest absolute Gasteiger partial charge is 0.352 e. The first kappa shape index (κ1) is 14.8. The van der Waals surface area contributed by atoms with E-state index in [1.807, 2.05) is 0 Å². The fourth-order valence-corrected chi connectivity index (χ4v) is 2.86. The minimum absolute atomic E-state index is 0.0218. The van der Waals surface area contributed by atoms with Gasteiger partial charge >= 0.3 is 0 Å². The molecule has 1 fully saturated rings. The summed E-state index contributed by atoms with van der Waals surface area (Å²) >= 11 is 5.81. The number of hydrogen-bond donors (Lipinski definition) is 1. The predicted octanol–water partition coefficient (Wildman–Crippen LogP) is 3.41. The molecular weight excluding hydrogens is 280 g/mol. The second-order valence-electron chi connectivity index (χ2n) is 5.41. The molecule has 0 spiro atoms. The van der Waals surface area contributed by atoms with E-state index < -0.39 is 10.8 Å². The molecule has 0 radical (unpaired) electrons. The van der Waals surface area contributed by atoms with E-state index in [0.29, 0.717) is 23.4 Å². The second-order valence-corrected chi connectivity index (χ2v) is 5.85. The minimum atomic E-state index is -0.567. The van der Waals surface area contributed by atoms with Crippen LogP contribution in [0.4, 0.5) is 5.69 Å². The molecule has 1 aromatic rings. The van der Waals surface area contributed by atoms with Crippen molar-refractivity contribution in [2.75, 3.05) is 6.54 Å². The van der Waals surface area contributed by atoms with Crippen molar-refractivity contribution in [1.29, 1.82) is 0 Å². The molecule has 1 aliphatic carbocycles. The van der Waals surface area contributed by atoms with Gasteiger partial charge in [-0.2, -0.15) is 0 Å². The Balaban J connectivity index is 2.05. The Morgan fingerprint density at radius 2 is 2.25 bits per heavy atom. The molecule has 2 unspecified atom stereocenters. The average molecular weight is 297 g/mol. The summed E-state index contributed by atoms with van der Waals surface area (Å²) in [6, 6.07) is 4.01. The Morgan fingerprint density at radius 3 is 2.85 bits per heavy atom. The standard InChI is InChI=1S/C14H17ClN2O3/c1-9-2-3-10(6-9)8-16-14(18)12-7-11(15)4-5-13(12)17(19)20/h4-5,7,9-10H,2-3,6,8H2,1H3,(H,16,18). The lowest BCUT2D eigenvalue weighted by atomic mass is 10.1. The molecule has 20 heavy (non-hydrogen) atoms.